The van der Waals surface area contributed by atoms with E-state index in [0.717, 1.165) is 16.5 Å². The van der Waals surface area contributed by atoms with Crippen molar-refractivity contribution in [2.75, 3.05) is 0 Å². The molecule has 4 rings (SSSR count). The minimum atomic E-state index is -1.11. The van der Waals surface area contributed by atoms with Crippen molar-refractivity contribution >= 4 is 34.5 Å². The lowest BCUT2D eigenvalue weighted by molar-refractivity contribution is -0.384. The minimum absolute atomic E-state index is 0.0193. The van der Waals surface area contributed by atoms with Crippen LogP contribution in [0, 0.1) is 10.1 Å². The summed E-state index contributed by atoms with van der Waals surface area (Å²) in [7, 11) is 0. The smallest absolute Gasteiger partial charge is 0.371 e. The summed E-state index contributed by atoms with van der Waals surface area (Å²) in [6, 6.07) is 16.9. The number of para-hydroxylation sites is 1. The van der Waals surface area contributed by atoms with Crippen molar-refractivity contribution in [1.82, 2.24) is 4.57 Å². The van der Waals surface area contributed by atoms with Crippen LogP contribution >= 0.6 is 0 Å². The summed E-state index contributed by atoms with van der Waals surface area (Å²) in [5.74, 6) is -0.701. The fraction of sp³-hybridized carbons (Fsp3) is 0.0476. The Labute approximate surface area is 164 Å². The largest absolute Gasteiger partial charge is 0.475 e. The predicted molar refractivity (Wildman–Crippen MR) is 107 cm³/mol. The van der Waals surface area contributed by atoms with Gasteiger partial charge in [-0.2, -0.15) is 0 Å². The second-order valence-corrected chi connectivity index (χ2v) is 6.34. The zero-order valence-corrected chi connectivity index (χ0v) is 15.1. The highest BCUT2D eigenvalue weighted by atomic mass is 16.6. The number of aliphatic imine (C=N–C) groups is 1. The minimum Gasteiger partial charge on any atom is -0.475 e. The molecule has 0 bridgehead atoms. The van der Waals surface area contributed by atoms with Gasteiger partial charge in [0.25, 0.3) is 5.69 Å². The molecule has 8 heteroatoms. The number of fused-ring (bicyclic) bond motifs is 1. The predicted octanol–water partition coefficient (Wildman–Crippen LogP) is 4.64. The van der Waals surface area contributed by atoms with E-state index in [-0.39, 0.29) is 11.4 Å². The van der Waals surface area contributed by atoms with E-state index in [2.05, 4.69) is 4.99 Å². The Morgan fingerprint density at radius 3 is 2.76 bits per heavy atom. The summed E-state index contributed by atoms with van der Waals surface area (Å²) >= 11 is 0. The van der Waals surface area contributed by atoms with Crippen molar-refractivity contribution in [3.8, 4) is 0 Å². The molecular formula is C21H15N3O5. The number of hydrogen-bond acceptors (Lipinski definition) is 5. The van der Waals surface area contributed by atoms with Gasteiger partial charge in [-0.3, -0.25) is 15.1 Å². The molecule has 0 amide bonds. The number of benzene rings is 2. The summed E-state index contributed by atoms with van der Waals surface area (Å²) in [5.41, 5.74) is 2.22. The fourth-order valence-corrected chi connectivity index (χ4v) is 3.09. The number of carboxylic acid groups (broad SMARTS) is 1. The third kappa shape index (κ3) is 3.77. The molecule has 1 N–H and O–H groups in total. The maximum Gasteiger partial charge on any atom is 0.371 e. The van der Waals surface area contributed by atoms with E-state index >= 15 is 0 Å². The standard InChI is InChI=1S/C21H15N3O5/c25-21(26)20-9-8-17(29-20)13-23-12-14(18-6-1-2-7-19(18)23)11-22-15-4-3-5-16(10-15)24(27)28/h1-12H,13H2,(H,25,26). The van der Waals surface area contributed by atoms with Crippen LogP contribution in [-0.2, 0) is 6.54 Å². The van der Waals surface area contributed by atoms with Crippen molar-refractivity contribution in [1.29, 1.82) is 0 Å². The summed E-state index contributed by atoms with van der Waals surface area (Å²) in [4.78, 5) is 25.9. The van der Waals surface area contributed by atoms with Crippen molar-refractivity contribution in [3.05, 3.63) is 94.1 Å². The van der Waals surface area contributed by atoms with Crippen LogP contribution in [0.2, 0.25) is 0 Å². The first-order valence-corrected chi connectivity index (χ1v) is 8.69. The zero-order valence-electron chi connectivity index (χ0n) is 15.1. The fourth-order valence-electron chi connectivity index (χ4n) is 3.09. The van der Waals surface area contributed by atoms with Crippen LogP contribution in [0.4, 0.5) is 11.4 Å². The SMILES string of the molecule is O=C(O)c1ccc(Cn2cc(C=Nc3cccc([N+](=O)[O-])c3)c3ccccc32)o1. The molecule has 4 aromatic rings. The zero-order chi connectivity index (χ0) is 20.4. The first-order valence-electron chi connectivity index (χ1n) is 8.69. The van der Waals surface area contributed by atoms with Gasteiger partial charge < -0.3 is 14.1 Å². The number of aromatic carboxylic acids is 1. The van der Waals surface area contributed by atoms with E-state index in [1.807, 2.05) is 35.0 Å². The van der Waals surface area contributed by atoms with Crippen LogP contribution in [0.25, 0.3) is 10.9 Å². The maximum atomic E-state index is 11.0. The topological polar surface area (TPSA) is 111 Å². The number of carbonyl (C=O) groups is 1. The van der Waals surface area contributed by atoms with Crippen molar-refractivity contribution in [2.45, 2.75) is 6.54 Å². The maximum absolute atomic E-state index is 11.0. The molecule has 2 aromatic heterocycles. The Morgan fingerprint density at radius 1 is 1.17 bits per heavy atom. The van der Waals surface area contributed by atoms with Crippen molar-refractivity contribution in [3.63, 3.8) is 0 Å². The van der Waals surface area contributed by atoms with Gasteiger partial charge in [-0.1, -0.05) is 24.3 Å². The highest BCUT2D eigenvalue weighted by Gasteiger charge is 2.12. The molecule has 0 aliphatic heterocycles. The molecule has 0 saturated heterocycles. The molecule has 0 spiro atoms. The van der Waals surface area contributed by atoms with Crippen LogP contribution in [0.15, 0.2) is 76.3 Å². The van der Waals surface area contributed by atoms with Crippen LogP contribution < -0.4 is 0 Å². The molecule has 0 saturated carbocycles. The molecule has 144 valence electrons. The average molecular weight is 389 g/mol. The third-order valence-corrected chi connectivity index (χ3v) is 4.41. The lowest BCUT2D eigenvalue weighted by Gasteiger charge is -2.02. The number of nitro groups is 1. The normalized spacial score (nSPS) is 11.3. The van der Waals surface area contributed by atoms with Gasteiger partial charge in [0.05, 0.1) is 17.2 Å². The Kier molecular flexibility index (Phi) is 4.66. The lowest BCUT2D eigenvalue weighted by Crippen LogP contribution is -1.97. The molecule has 0 fully saturated rings. The molecule has 0 aliphatic rings. The second-order valence-electron chi connectivity index (χ2n) is 6.34. The van der Waals surface area contributed by atoms with Gasteiger partial charge in [0.1, 0.15) is 5.76 Å². The number of aromatic nitrogens is 1. The van der Waals surface area contributed by atoms with Gasteiger partial charge >= 0.3 is 5.97 Å². The molecule has 29 heavy (non-hydrogen) atoms. The Morgan fingerprint density at radius 2 is 2.00 bits per heavy atom. The van der Waals surface area contributed by atoms with Crippen molar-refractivity contribution < 1.29 is 19.2 Å². The van der Waals surface area contributed by atoms with E-state index in [4.69, 9.17) is 9.52 Å². The number of carboxylic acids is 1. The first kappa shape index (κ1) is 18.2. The van der Waals surface area contributed by atoms with Gasteiger partial charge in [0.2, 0.25) is 5.76 Å². The van der Waals surface area contributed by atoms with Gasteiger partial charge in [0, 0.05) is 41.0 Å². The molecule has 8 nitrogen and oxygen atoms in total. The molecule has 0 radical (unpaired) electrons. The van der Waals surface area contributed by atoms with E-state index in [9.17, 15) is 14.9 Å². The summed E-state index contributed by atoms with van der Waals surface area (Å²) in [6.45, 7) is 0.360. The highest BCUT2D eigenvalue weighted by molar-refractivity contribution is 6.00. The number of nitro benzene ring substituents is 1. The second kappa shape index (κ2) is 7.43. The third-order valence-electron chi connectivity index (χ3n) is 4.41. The van der Waals surface area contributed by atoms with E-state index in [0.29, 0.717) is 18.0 Å². The Bertz CT molecular complexity index is 1250. The number of nitrogens with zero attached hydrogens (tertiary/aromatic N) is 3. The van der Waals surface area contributed by atoms with Gasteiger partial charge in [-0.05, 0) is 24.3 Å². The van der Waals surface area contributed by atoms with Crippen LogP contribution in [0.3, 0.4) is 0 Å². The Balaban J connectivity index is 1.67. The number of rotatable bonds is 6. The van der Waals surface area contributed by atoms with Gasteiger partial charge in [-0.15, -0.1) is 0 Å². The molecular weight excluding hydrogens is 374 g/mol. The summed E-state index contributed by atoms with van der Waals surface area (Å²) in [6.07, 6.45) is 3.54. The molecule has 0 aliphatic carbocycles. The van der Waals surface area contributed by atoms with E-state index in [1.54, 1.807) is 24.4 Å². The van der Waals surface area contributed by atoms with Crippen LogP contribution in [0.1, 0.15) is 21.9 Å². The quantitative estimate of drug-likeness (QED) is 0.293. The number of furan rings is 1. The van der Waals surface area contributed by atoms with Gasteiger partial charge in [-0.25, -0.2) is 4.79 Å². The molecule has 2 heterocycles. The number of hydrogen-bond donors (Lipinski definition) is 1. The molecule has 2 aromatic carbocycles. The van der Waals surface area contributed by atoms with Crippen LogP contribution in [-0.4, -0.2) is 26.8 Å². The van der Waals surface area contributed by atoms with Gasteiger partial charge in [0.15, 0.2) is 0 Å². The summed E-state index contributed by atoms with van der Waals surface area (Å²) in [5, 5.41) is 20.9. The monoisotopic (exact) mass is 389 g/mol. The van der Waals surface area contributed by atoms with E-state index < -0.39 is 10.9 Å². The van der Waals surface area contributed by atoms with Crippen molar-refractivity contribution in [2.24, 2.45) is 4.99 Å². The first-order chi connectivity index (χ1) is 14.0. The summed E-state index contributed by atoms with van der Waals surface area (Å²) < 4.78 is 7.29. The van der Waals surface area contributed by atoms with Crippen LogP contribution in [0.5, 0.6) is 0 Å². The highest BCUT2D eigenvalue weighted by Crippen LogP contribution is 2.24. The lowest BCUT2D eigenvalue weighted by atomic mass is 10.2. The average Bonchev–Trinajstić information content (AvgIpc) is 3.32. The Hall–Kier alpha value is -4.20. The number of non-ortho nitro benzene ring substituents is 1. The molecule has 0 atom stereocenters. The molecule has 0 unspecified atom stereocenters. The van der Waals surface area contributed by atoms with E-state index in [1.165, 1.54) is 18.2 Å².